The maximum atomic E-state index is 5.74. The predicted octanol–water partition coefficient (Wildman–Crippen LogP) is 4.26. The van der Waals surface area contributed by atoms with Gasteiger partial charge in [0.2, 0.25) is 0 Å². The molecule has 19 heavy (non-hydrogen) atoms. The summed E-state index contributed by atoms with van der Waals surface area (Å²) in [6.45, 7) is 4.47. The van der Waals surface area contributed by atoms with Crippen molar-refractivity contribution in [1.82, 2.24) is 5.43 Å². The molecule has 1 heterocycles. The second-order valence-electron chi connectivity index (χ2n) is 5.13. The standard InChI is InChI=1S/C15H19BrN2S/c1-10(2)6-11-4-3-5-12(7-11)15(18-17)13-8-14(16)19-9-13/h3-5,7-10,15,18H,6,17H2,1-2H3. The van der Waals surface area contributed by atoms with Crippen molar-refractivity contribution in [1.29, 1.82) is 0 Å². The fourth-order valence-corrected chi connectivity index (χ4v) is 3.43. The number of hydrogen-bond acceptors (Lipinski definition) is 3. The summed E-state index contributed by atoms with van der Waals surface area (Å²) < 4.78 is 1.13. The van der Waals surface area contributed by atoms with Gasteiger partial charge in [0.15, 0.2) is 0 Å². The predicted molar refractivity (Wildman–Crippen MR) is 86.2 cm³/mol. The molecule has 1 atom stereocenters. The molecule has 0 aliphatic carbocycles. The van der Waals surface area contributed by atoms with Crippen molar-refractivity contribution in [2.24, 2.45) is 11.8 Å². The van der Waals surface area contributed by atoms with E-state index in [0.29, 0.717) is 5.92 Å². The zero-order valence-electron chi connectivity index (χ0n) is 11.2. The van der Waals surface area contributed by atoms with E-state index < -0.39 is 0 Å². The molecule has 0 saturated carbocycles. The molecular weight excluding hydrogens is 320 g/mol. The van der Waals surface area contributed by atoms with Gasteiger partial charge < -0.3 is 0 Å². The fourth-order valence-electron chi connectivity index (χ4n) is 2.23. The lowest BCUT2D eigenvalue weighted by Crippen LogP contribution is -2.28. The number of hydrogen-bond donors (Lipinski definition) is 2. The molecule has 1 aromatic heterocycles. The highest BCUT2D eigenvalue weighted by Crippen LogP contribution is 2.29. The minimum Gasteiger partial charge on any atom is -0.271 e. The smallest absolute Gasteiger partial charge is 0.0718 e. The molecule has 0 aliphatic rings. The van der Waals surface area contributed by atoms with Gasteiger partial charge in [-0.1, -0.05) is 38.1 Å². The van der Waals surface area contributed by atoms with Crippen LogP contribution in [-0.4, -0.2) is 0 Å². The van der Waals surface area contributed by atoms with E-state index in [0.717, 1.165) is 10.2 Å². The third kappa shape index (κ3) is 3.89. The van der Waals surface area contributed by atoms with Crippen molar-refractivity contribution >= 4 is 27.3 Å². The van der Waals surface area contributed by atoms with Gasteiger partial charge in [0.25, 0.3) is 0 Å². The van der Waals surface area contributed by atoms with E-state index >= 15 is 0 Å². The first-order valence-electron chi connectivity index (χ1n) is 6.39. The number of hydrazine groups is 1. The Hall–Kier alpha value is -0.680. The number of nitrogens with two attached hydrogens (primary N) is 1. The molecule has 2 aromatic rings. The van der Waals surface area contributed by atoms with E-state index in [9.17, 15) is 0 Å². The number of rotatable bonds is 5. The van der Waals surface area contributed by atoms with Crippen LogP contribution in [0.3, 0.4) is 0 Å². The summed E-state index contributed by atoms with van der Waals surface area (Å²) in [7, 11) is 0. The molecule has 3 N–H and O–H groups in total. The Balaban J connectivity index is 2.28. The first-order chi connectivity index (χ1) is 9.10. The Morgan fingerprint density at radius 1 is 1.26 bits per heavy atom. The Bertz CT molecular complexity index is 536. The third-order valence-electron chi connectivity index (χ3n) is 3.02. The highest BCUT2D eigenvalue weighted by Gasteiger charge is 2.14. The van der Waals surface area contributed by atoms with E-state index in [1.54, 1.807) is 11.3 Å². The Morgan fingerprint density at radius 3 is 2.63 bits per heavy atom. The topological polar surface area (TPSA) is 38.0 Å². The Labute approximate surface area is 127 Å². The van der Waals surface area contributed by atoms with Crippen molar-refractivity contribution in [2.45, 2.75) is 26.3 Å². The summed E-state index contributed by atoms with van der Waals surface area (Å²) in [5, 5.41) is 2.13. The van der Waals surface area contributed by atoms with Crippen molar-refractivity contribution in [2.75, 3.05) is 0 Å². The highest BCUT2D eigenvalue weighted by molar-refractivity contribution is 9.11. The molecule has 2 rings (SSSR count). The molecule has 0 bridgehead atoms. The van der Waals surface area contributed by atoms with Gasteiger partial charge >= 0.3 is 0 Å². The molecule has 0 spiro atoms. The lowest BCUT2D eigenvalue weighted by molar-refractivity contribution is 0.629. The Morgan fingerprint density at radius 2 is 2.05 bits per heavy atom. The maximum absolute atomic E-state index is 5.74. The van der Waals surface area contributed by atoms with Gasteiger partial charge in [0, 0.05) is 0 Å². The first-order valence-corrected chi connectivity index (χ1v) is 8.06. The van der Waals surface area contributed by atoms with Crippen LogP contribution < -0.4 is 11.3 Å². The zero-order chi connectivity index (χ0) is 13.8. The quantitative estimate of drug-likeness (QED) is 0.631. The van der Waals surface area contributed by atoms with Crippen LogP contribution in [0.2, 0.25) is 0 Å². The van der Waals surface area contributed by atoms with Gasteiger partial charge in [-0.15, -0.1) is 11.3 Å². The van der Waals surface area contributed by atoms with Gasteiger partial charge in [-0.3, -0.25) is 5.84 Å². The SMILES string of the molecule is CC(C)Cc1cccc(C(NN)c2csc(Br)c2)c1. The van der Waals surface area contributed by atoms with E-state index in [1.165, 1.54) is 16.7 Å². The number of benzene rings is 1. The molecule has 1 unspecified atom stereocenters. The van der Waals surface area contributed by atoms with Gasteiger partial charge in [0.1, 0.15) is 0 Å². The largest absolute Gasteiger partial charge is 0.271 e. The minimum atomic E-state index is 0.0506. The van der Waals surface area contributed by atoms with Crippen LogP contribution in [0.1, 0.15) is 36.6 Å². The van der Waals surface area contributed by atoms with Crippen LogP contribution in [0.25, 0.3) is 0 Å². The van der Waals surface area contributed by atoms with E-state index in [2.05, 4.69) is 70.9 Å². The molecule has 0 amide bonds. The van der Waals surface area contributed by atoms with Gasteiger partial charge in [-0.05, 0) is 56.4 Å². The molecule has 0 fully saturated rings. The zero-order valence-corrected chi connectivity index (χ0v) is 13.6. The number of halogens is 1. The van der Waals surface area contributed by atoms with Crippen molar-refractivity contribution in [3.05, 3.63) is 56.2 Å². The van der Waals surface area contributed by atoms with Crippen molar-refractivity contribution in [3.8, 4) is 0 Å². The van der Waals surface area contributed by atoms with Gasteiger partial charge in [-0.25, -0.2) is 5.43 Å². The molecular formula is C15H19BrN2S. The lowest BCUT2D eigenvalue weighted by atomic mass is 9.96. The molecule has 1 aromatic carbocycles. The van der Waals surface area contributed by atoms with Crippen LogP contribution in [0.5, 0.6) is 0 Å². The van der Waals surface area contributed by atoms with Gasteiger partial charge in [0.05, 0.1) is 9.83 Å². The van der Waals surface area contributed by atoms with E-state index in [4.69, 9.17) is 5.84 Å². The van der Waals surface area contributed by atoms with Crippen LogP contribution in [0.4, 0.5) is 0 Å². The molecule has 2 nitrogen and oxygen atoms in total. The number of thiophene rings is 1. The van der Waals surface area contributed by atoms with E-state index in [1.807, 2.05) is 0 Å². The summed E-state index contributed by atoms with van der Waals surface area (Å²) in [5.41, 5.74) is 6.69. The summed E-state index contributed by atoms with van der Waals surface area (Å²) in [6.07, 6.45) is 1.10. The number of nitrogens with one attached hydrogen (secondary N) is 1. The van der Waals surface area contributed by atoms with Crippen LogP contribution in [0.15, 0.2) is 39.5 Å². The lowest BCUT2D eigenvalue weighted by Gasteiger charge is -2.16. The van der Waals surface area contributed by atoms with Crippen molar-refractivity contribution in [3.63, 3.8) is 0 Å². The molecule has 0 radical (unpaired) electrons. The van der Waals surface area contributed by atoms with Crippen LogP contribution in [-0.2, 0) is 6.42 Å². The highest BCUT2D eigenvalue weighted by atomic mass is 79.9. The molecule has 102 valence electrons. The second-order valence-corrected chi connectivity index (χ2v) is 7.42. The molecule has 4 heteroatoms. The Kier molecular flexibility index (Phi) is 5.16. The first kappa shape index (κ1) is 14.7. The van der Waals surface area contributed by atoms with Crippen LogP contribution >= 0.6 is 27.3 Å². The summed E-state index contributed by atoms with van der Waals surface area (Å²) >= 11 is 5.18. The molecule has 0 saturated heterocycles. The maximum Gasteiger partial charge on any atom is 0.0718 e. The third-order valence-corrected chi connectivity index (χ3v) is 4.54. The van der Waals surface area contributed by atoms with E-state index in [-0.39, 0.29) is 6.04 Å². The van der Waals surface area contributed by atoms with Crippen molar-refractivity contribution < 1.29 is 0 Å². The summed E-state index contributed by atoms with van der Waals surface area (Å²) in [6, 6.07) is 10.8. The minimum absolute atomic E-state index is 0.0506. The average molecular weight is 339 g/mol. The second kappa shape index (κ2) is 6.66. The van der Waals surface area contributed by atoms with Crippen LogP contribution in [0, 0.1) is 5.92 Å². The normalized spacial score (nSPS) is 12.9. The fraction of sp³-hybridized carbons (Fsp3) is 0.333. The molecule has 0 aliphatic heterocycles. The van der Waals surface area contributed by atoms with Gasteiger partial charge in [-0.2, -0.15) is 0 Å². The summed E-state index contributed by atoms with van der Waals surface area (Å²) in [5.74, 6) is 6.40. The monoisotopic (exact) mass is 338 g/mol. The average Bonchev–Trinajstić information content (AvgIpc) is 2.76. The summed E-state index contributed by atoms with van der Waals surface area (Å²) in [4.78, 5) is 0.